The van der Waals surface area contributed by atoms with Crippen LogP contribution >= 0.6 is 0 Å². The number of nitrogens with zero attached hydrogens (tertiary/aromatic N) is 3. The molecule has 0 spiro atoms. The highest BCUT2D eigenvalue weighted by Crippen LogP contribution is 2.41. The molecule has 1 saturated carbocycles. The monoisotopic (exact) mass is 380 g/mol. The summed E-state index contributed by atoms with van der Waals surface area (Å²) in [6.45, 7) is 7.73. The minimum atomic E-state index is -0.0567. The summed E-state index contributed by atoms with van der Waals surface area (Å²) in [5, 5.41) is 7.67. The first-order valence-corrected chi connectivity index (χ1v) is 10.1. The van der Waals surface area contributed by atoms with Gasteiger partial charge in [0.15, 0.2) is 0 Å². The third-order valence-electron chi connectivity index (χ3n) is 6.01. The summed E-state index contributed by atoms with van der Waals surface area (Å²) in [6, 6.07) is 9.84. The average molecular weight is 380 g/mol. The van der Waals surface area contributed by atoms with E-state index >= 15 is 0 Å². The molecule has 148 valence electrons. The molecule has 0 radical (unpaired) electrons. The SMILES string of the molecule is CC(=O)N1CC(NC(=O)c2ccc(Cn3nc(C)cc3C)cc2)C(C2CC2)C1. The normalized spacial score (nSPS) is 21.8. The highest BCUT2D eigenvalue weighted by Gasteiger charge is 2.43. The Labute approximate surface area is 165 Å². The zero-order chi connectivity index (χ0) is 19.8. The average Bonchev–Trinajstić information content (AvgIpc) is 3.33. The van der Waals surface area contributed by atoms with Crippen LogP contribution in [0, 0.1) is 25.7 Å². The smallest absolute Gasteiger partial charge is 0.251 e. The van der Waals surface area contributed by atoms with Gasteiger partial charge in [0.05, 0.1) is 18.3 Å². The Kier molecular flexibility index (Phi) is 4.96. The number of aryl methyl sites for hydroxylation is 2. The summed E-state index contributed by atoms with van der Waals surface area (Å²) < 4.78 is 1.97. The summed E-state index contributed by atoms with van der Waals surface area (Å²) in [5.74, 6) is 1.07. The fourth-order valence-electron chi connectivity index (χ4n) is 4.26. The van der Waals surface area contributed by atoms with Gasteiger partial charge in [0, 0.05) is 37.2 Å². The largest absolute Gasteiger partial charge is 0.347 e. The molecule has 1 saturated heterocycles. The van der Waals surface area contributed by atoms with Gasteiger partial charge < -0.3 is 10.2 Å². The zero-order valence-corrected chi connectivity index (χ0v) is 16.8. The molecule has 2 unspecified atom stereocenters. The molecule has 2 aliphatic rings. The van der Waals surface area contributed by atoms with Gasteiger partial charge in [-0.3, -0.25) is 14.3 Å². The number of nitrogens with one attached hydrogen (secondary N) is 1. The van der Waals surface area contributed by atoms with Crippen LogP contribution < -0.4 is 5.32 Å². The van der Waals surface area contributed by atoms with Crippen molar-refractivity contribution in [1.82, 2.24) is 20.0 Å². The van der Waals surface area contributed by atoms with Crippen LogP contribution in [0.5, 0.6) is 0 Å². The van der Waals surface area contributed by atoms with Gasteiger partial charge >= 0.3 is 0 Å². The molecule has 1 aliphatic heterocycles. The number of amides is 2. The Morgan fingerprint density at radius 2 is 1.86 bits per heavy atom. The Hall–Kier alpha value is -2.63. The first kappa shape index (κ1) is 18.7. The van der Waals surface area contributed by atoms with Gasteiger partial charge in [0.2, 0.25) is 5.91 Å². The molecule has 1 aliphatic carbocycles. The van der Waals surface area contributed by atoms with E-state index in [4.69, 9.17) is 0 Å². The second-order valence-electron chi connectivity index (χ2n) is 8.29. The maximum absolute atomic E-state index is 12.8. The fourth-order valence-corrected chi connectivity index (χ4v) is 4.26. The van der Waals surface area contributed by atoms with Crippen LogP contribution in [0.3, 0.4) is 0 Å². The number of aromatic nitrogens is 2. The Morgan fingerprint density at radius 1 is 1.14 bits per heavy atom. The molecule has 1 aromatic carbocycles. The molecule has 2 amide bonds. The predicted molar refractivity (Wildman–Crippen MR) is 107 cm³/mol. The van der Waals surface area contributed by atoms with Crippen molar-refractivity contribution < 1.29 is 9.59 Å². The van der Waals surface area contributed by atoms with Crippen molar-refractivity contribution in [2.45, 2.75) is 46.2 Å². The third-order valence-corrected chi connectivity index (χ3v) is 6.01. The second kappa shape index (κ2) is 7.41. The van der Waals surface area contributed by atoms with Crippen molar-refractivity contribution in [1.29, 1.82) is 0 Å². The molecule has 2 fully saturated rings. The molecule has 2 aromatic rings. The van der Waals surface area contributed by atoms with Gasteiger partial charge in [-0.25, -0.2) is 0 Å². The maximum atomic E-state index is 12.8. The van der Waals surface area contributed by atoms with E-state index in [0.717, 1.165) is 23.5 Å². The number of hydrogen-bond donors (Lipinski definition) is 1. The standard InChI is InChI=1S/C22H28N4O2/c1-14-10-15(2)26(24-14)11-17-4-6-19(7-5-17)22(28)23-21-13-25(16(3)27)12-20(21)18-8-9-18/h4-7,10,18,20-21H,8-9,11-13H2,1-3H3,(H,23,28). The summed E-state index contributed by atoms with van der Waals surface area (Å²) in [6.07, 6.45) is 2.42. The molecular formula is C22H28N4O2. The van der Waals surface area contributed by atoms with Gasteiger partial charge in [0.1, 0.15) is 0 Å². The summed E-state index contributed by atoms with van der Waals surface area (Å²) in [5.41, 5.74) is 3.91. The first-order chi connectivity index (χ1) is 13.4. The van der Waals surface area contributed by atoms with Crippen molar-refractivity contribution >= 4 is 11.8 Å². The molecule has 4 rings (SSSR count). The number of rotatable bonds is 5. The molecule has 6 heteroatoms. The Balaban J connectivity index is 1.40. The van der Waals surface area contributed by atoms with E-state index in [1.165, 1.54) is 12.8 Å². The summed E-state index contributed by atoms with van der Waals surface area (Å²) >= 11 is 0. The molecule has 1 N–H and O–H groups in total. The Bertz CT molecular complexity index is 882. The van der Waals surface area contributed by atoms with Crippen LogP contribution in [-0.2, 0) is 11.3 Å². The molecular weight excluding hydrogens is 352 g/mol. The van der Waals surface area contributed by atoms with Crippen LogP contribution in [0.15, 0.2) is 30.3 Å². The van der Waals surface area contributed by atoms with Crippen molar-refractivity contribution in [3.63, 3.8) is 0 Å². The minimum absolute atomic E-state index is 0.0540. The van der Waals surface area contributed by atoms with Crippen LogP contribution in [0.4, 0.5) is 0 Å². The third kappa shape index (κ3) is 3.96. The molecule has 2 atom stereocenters. The minimum Gasteiger partial charge on any atom is -0.347 e. The van der Waals surface area contributed by atoms with E-state index in [-0.39, 0.29) is 17.9 Å². The van der Waals surface area contributed by atoms with Gasteiger partial charge in [-0.05, 0) is 56.4 Å². The summed E-state index contributed by atoms with van der Waals surface area (Å²) in [4.78, 5) is 26.4. The maximum Gasteiger partial charge on any atom is 0.251 e. The number of carbonyl (C=O) groups excluding carboxylic acids is 2. The van der Waals surface area contributed by atoms with Crippen molar-refractivity contribution in [2.75, 3.05) is 13.1 Å². The second-order valence-corrected chi connectivity index (χ2v) is 8.29. The van der Waals surface area contributed by atoms with Gasteiger partial charge in [-0.2, -0.15) is 5.10 Å². The van der Waals surface area contributed by atoms with Gasteiger partial charge in [-0.15, -0.1) is 0 Å². The number of benzene rings is 1. The van der Waals surface area contributed by atoms with Crippen molar-refractivity contribution in [3.05, 3.63) is 52.8 Å². The highest BCUT2D eigenvalue weighted by atomic mass is 16.2. The van der Waals surface area contributed by atoms with E-state index in [9.17, 15) is 9.59 Å². The lowest BCUT2D eigenvalue weighted by Crippen LogP contribution is -2.41. The number of carbonyl (C=O) groups is 2. The lowest BCUT2D eigenvalue weighted by Gasteiger charge is -2.19. The van der Waals surface area contributed by atoms with E-state index in [2.05, 4.69) is 16.5 Å². The molecule has 6 nitrogen and oxygen atoms in total. The molecule has 0 bridgehead atoms. The quantitative estimate of drug-likeness (QED) is 0.867. The first-order valence-electron chi connectivity index (χ1n) is 10.1. The summed E-state index contributed by atoms with van der Waals surface area (Å²) in [7, 11) is 0. The zero-order valence-electron chi connectivity index (χ0n) is 16.8. The topological polar surface area (TPSA) is 67.2 Å². The fraction of sp³-hybridized carbons (Fsp3) is 0.500. The number of hydrogen-bond acceptors (Lipinski definition) is 3. The predicted octanol–water partition coefficient (Wildman–Crippen LogP) is 2.53. The van der Waals surface area contributed by atoms with Crippen molar-refractivity contribution in [3.8, 4) is 0 Å². The van der Waals surface area contributed by atoms with Crippen molar-refractivity contribution in [2.24, 2.45) is 11.8 Å². The number of likely N-dealkylation sites (tertiary alicyclic amines) is 1. The molecule has 1 aromatic heterocycles. The van der Waals surface area contributed by atoms with E-state index in [0.29, 0.717) is 30.5 Å². The van der Waals surface area contributed by atoms with Crippen LogP contribution in [0.2, 0.25) is 0 Å². The van der Waals surface area contributed by atoms with Crippen LogP contribution in [0.25, 0.3) is 0 Å². The molecule has 2 heterocycles. The van der Waals surface area contributed by atoms with E-state index < -0.39 is 0 Å². The van der Waals surface area contributed by atoms with Crippen LogP contribution in [0.1, 0.15) is 47.1 Å². The van der Waals surface area contributed by atoms with Gasteiger partial charge in [0.25, 0.3) is 5.91 Å². The van der Waals surface area contributed by atoms with E-state index in [1.54, 1.807) is 6.92 Å². The van der Waals surface area contributed by atoms with E-state index in [1.807, 2.05) is 47.7 Å². The molecule has 28 heavy (non-hydrogen) atoms. The van der Waals surface area contributed by atoms with Gasteiger partial charge in [-0.1, -0.05) is 12.1 Å². The highest BCUT2D eigenvalue weighted by molar-refractivity contribution is 5.94. The lowest BCUT2D eigenvalue weighted by molar-refractivity contribution is -0.128. The van der Waals surface area contributed by atoms with Crippen LogP contribution in [-0.4, -0.2) is 45.6 Å². The lowest BCUT2D eigenvalue weighted by atomic mass is 9.97. The Morgan fingerprint density at radius 3 is 2.43 bits per heavy atom.